The molecule has 0 bridgehead atoms. The van der Waals surface area contributed by atoms with Crippen LogP contribution in [0.25, 0.3) is 10.9 Å². The van der Waals surface area contributed by atoms with Crippen molar-refractivity contribution in [2.24, 2.45) is 0 Å². The van der Waals surface area contributed by atoms with Crippen LogP contribution in [-0.2, 0) is 13.0 Å². The van der Waals surface area contributed by atoms with E-state index in [1.807, 2.05) is 30.3 Å². The molecule has 0 radical (unpaired) electrons. The molecule has 0 N–H and O–H groups in total. The predicted molar refractivity (Wildman–Crippen MR) is 103 cm³/mol. The molecule has 1 aromatic heterocycles. The third-order valence-corrected chi connectivity index (χ3v) is 5.01. The Morgan fingerprint density at radius 1 is 1.08 bits per heavy atom. The van der Waals surface area contributed by atoms with Crippen LogP contribution in [0, 0.1) is 0 Å². The molecule has 1 amide bonds. The van der Waals surface area contributed by atoms with Gasteiger partial charge in [0, 0.05) is 31.3 Å². The van der Waals surface area contributed by atoms with E-state index in [4.69, 9.17) is 4.98 Å². The summed E-state index contributed by atoms with van der Waals surface area (Å²) in [5.74, 6) is 0.718. The largest absolute Gasteiger partial charge is 0.311 e. The van der Waals surface area contributed by atoms with Gasteiger partial charge in [-0.05, 0) is 43.2 Å². The van der Waals surface area contributed by atoms with Gasteiger partial charge in [0.05, 0.1) is 10.9 Å². The third kappa shape index (κ3) is 2.90. The summed E-state index contributed by atoms with van der Waals surface area (Å²) in [7, 11) is 1.75. The lowest BCUT2D eigenvalue weighted by Crippen LogP contribution is -2.27. The molecule has 1 aliphatic rings. The minimum Gasteiger partial charge on any atom is -0.311 e. The summed E-state index contributed by atoms with van der Waals surface area (Å²) in [6.07, 6.45) is 3.99. The number of anilines is 1. The number of rotatable bonds is 2. The highest BCUT2D eigenvalue weighted by Gasteiger charge is 2.17. The van der Waals surface area contributed by atoms with Gasteiger partial charge in [-0.25, -0.2) is 4.98 Å². The van der Waals surface area contributed by atoms with Crippen LogP contribution in [-0.4, -0.2) is 22.5 Å². The summed E-state index contributed by atoms with van der Waals surface area (Å²) < 4.78 is 1.80. The van der Waals surface area contributed by atoms with E-state index < -0.39 is 0 Å². The van der Waals surface area contributed by atoms with E-state index in [2.05, 4.69) is 0 Å². The molecular formula is C21H21N3O2. The Kier molecular flexibility index (Phi) is 4.29. The van der Waals surface area contributed by atoms with E-state index >= 15 is 0 Å². The van der Waals surface area contributed by atoms with Gasteiger partial charge in [0.1, 0.15) is 5.82 Å². The lowest BCUT2D eigenvalue weighted by molar-refractivity contribution is 0.0993. The number of hydrogen-bond acceptors (Lipinski definition) is 3. The molecule has 5 heteroatoms. The summed E-state index contributed by atoms with van der Waals surface area (Å²) in [5.41, 5.74) is 1.97. The molecule has 5 nitrogen and oxygen atoms in total. The van der Waals surface area contributed by atoms with E-state index in [-0.39, 0.29) is 11.5 Å². The number of carbonyl (C=O) groups excluding carboxylic acids is 1. The fourth-order valence-corrected chi connectivity index (χ4v) is 3.51. The van der Waals surface area contributed by atoms with Gasteiger partial charge in [-0.2, -0.15) is 0 Å². The standard InChI is InChI=1S/C21H21N3O2/c1-23(16-8-4-2-5-9-16)20(25)15-11-12-17-18(14-15)22-19-10-6-3-7-13-24(19)21(17)26/h2,4-5,8-9,11-12,14H,3,6-7,10,13H2,1H3. The maximum absolute atomic E-state index is 12.8. The number of benzene rings is 2. The van der Waals surface area contributed by atoms with Crippen molar-refractivity contribution in [2.75, 3.05) is 11.9 Å². The molecule has 2 heterocycles. The highest BCUT2D eigenvalue weighted by Crippen LogP contribution is 2.19. The molecule has 26 heavy (non-hydrogen) atoms. The van der Waals surface area contributed by atoms with Crippen molar-refractivity contribution in [1.82, 2.24) is 9.55 Å². The summed E-state index contributed by atoms with van der Waals surface area (Å²) in [5, 5.41) is 0.578. The van der Waals surface area contributed by atoms with Crippen molar-refractivity contribution in [1.29, 1.82) is 0 Å². The Balaban J connectivity index is 1.76. The van der Waals surface area contributed by atoms with Crippen LogP contribution in [0.3, 0.4) is 0 Å². The van der Waals surface area contributed by atoms with Gasteiger partial charge in [0.25, 0.3) is 11.5 Å². The second-order valence-electron chi connectivity index (χ2n) is 6.73. The molecule has 4 rings (SSSR count). The number of fused-ring (bicyclic) bond motifs is 2. The van der Waals surface area contributed by atoms with Crippen LogP contribution in [0.2, 0.25) is 0 Å². The summed E-state index contributed by atoms with van der Waals surface area (Å²) >= 11 is 0. The van der Waals surface area contributed by atoms with Crippen LogP contribution < -0.4 is 10.5 Å². The van der Waals surface area contributed by atoms with Crippen molar-refractivity contribution in [3.63, 3.8) is 0 Å². The zero-order valence-corrected chi connectivity index (χ0v) is 14.8. The molecule has 0 saturated heterocycles. The van der Waals surface area contributed by atoms with Crippen molar-refractivity contribution in [3.8, 4) is 0 Å². The SMILES string of the molecule is CN(C(=O)c1ccc2c(=O)n3c(nc2c1)CCCCC3)c1ccccc1. The first-order valence-electron chi connectivity index (χ1n) is 9.02. The number of amides is 1. The molecule has 0 atom stereocenters. The third-order valence-electron chi connectivity index (χ3n) is 5.01. The Bertz CT molecular complexity index is 1020. The highest BCUT2D eigenvalue weighted by atomic mass is 16.2. The predicted octanol–water partition coefficient (Wildman–Crippen LogP) is 3.40. The quantitative estimate of drug-likeness (QED) is 0.714. The second-order valence-corrected chi connectivity index (χ2v) is 6.73. The maximum Gasteiger partial charge on any atom is 0.261 e. The average Bonchev–Trinajstić information content (AvgIpc) is 2.93. The van der Waals surface area contributed by atoms with Gasteiger partial charge in [0.15, 0.2) is 0 Å². The van der Waals surface area contributed by atoms with Crippen LogP contribution in [0.15, 0.2) is 53.3 Å². The van der Waals surface area contributed by atoms with E-state index in [0.717, 1.165) is 43.7 Å². The van der Waals surface area contributed by atoms with Gasteiger partial charge < -0.3 is 4.90 Å². The Morgan fingerprint density at radius 3 is 2.69 bits per heavy atom. The lowest BCUT2D eigenvalue weighted by atomic mass is 10.1. The Labute approximate surface area is 151 Å². The molecule has 3 aromatic rings. The first kappa shape index (κ1) is 16.5. The smallest absolute Gasteiger partial charge is 0.261 e. The second kappa shape index (κ2) is 6.75. The van der Waals surface area contributed by atoms with Crippen LogP contribution in [0.4, 0.5) is 5.69 Å². The van der Waals surface area contributed by atoms with Crippen molar-refractivity contribution >= 4 is 22.5 Å². The molecular weight excluding hydrogens is 326 g/mol. The van der Waals surface area contributed by atoms with Crippen molar-refractivity contribution in [3.05, 3.63) is 70.3 Å². The molecule has 0 aliphatic carbocycles. The molecule has 0 saturated carbocycles. The number of carbonyl (C=O) groups is 1. The summed E-state index contributed by atoms with van der Waals surface area (Å²) in [6, 6.07) is 14.7. The van der Waals surface area contributed by atoms with Crippen LogP contribution in [0.1, 0.15) is 35.4 Å². The molecule has 132 valence electrons. The highest BCUT2D eigenvalue weighted by molar-refractivity contribution is 6.07. The minimum absolute atomic E-state index is 0.00214. The van der Waals surface area contributed by atoms with Gasteiger partial charge in [-0.15, -0.1) is 0 Å². The number of nitrogens with zero attached hydrogens (tertiary/aromatic N) is 3. The van der Waals surface area contributed by atoms with Gasteiger partial charge in [-0.1, -0.05) is 24.6 Å². The first-order valence-corrected chi connectivity index (χ1v) is 9.02. The van der Waals surface area contributed by atoms with E-state index in [1.165, 1.54) is 0 Å². The molecule has 2 aromatic carbocycles. The monoisotopic (exact) mass is 347 g/mol. The van der Waals surface area contributed by atoms with Crippen molar-refractivity contribution < 1.29 is 4.79 Å². The molecule has 0 unspecified atom stereocenters. The Morgan fingerprint density at radius 2 is 1.88 bits per heavy atom. The maximum atomic E-state index is 12.8. The van der Waals surface area contributed by atoms with Crippen molar-refractivity contribution in [2.45, 2.75) is 32.2 Å². The summed E-state index contributed by atoms with van der Waals surface area (Å²) in [4.78, 5) is 31.9. The van der Waals surface area contributed by atoms with E-state index in [1.54, 1.807) is 34.7 Å². The number of hydrogen-bond donors (Lipinski definition) is 0. The van der Waals surface area contributed by atoms with Gasteiger partial charge in [-0.3, -0.25) is 14.2 Å². The first-order chi connectivity index (χ1) is 12.6. The van der Waals surface area contributed by atoms with Crippen LogP contribution in [0.5, 0.6) is 0 Å². The van der Waals surface area contributed by atoms with Gasteiger partial charge >= 0.3 is 0 Å². The number of para-hydroxylation sites is 1. The molecule has 1 aliphatic heterocycles. The zero-order valence-electron chi connectivity index (χ0n) is 14.8. The van der Waals surface area contributed by atoms with E-state index in [9.17, 15) is 9.59 Å². The minimum atomic E-state index is -0.116. The lowest BCUT2D eigenvalue weighted by Gasteiger charge is -2.17. The normalized spacial score (nSPS) is 13.9. The number of aryl methyl sites for hydroxylation is 1. The number of aromatic nitrogens is 2. The van der Waals surface area contributed by atoms with Gasteiger partial charge in [0.2, 0.25) is 0 Å². The topological polar surface area (TPSA) is 55.2 Å². The van der Waals surface area contributed by atoms with E-state index in [0.29, 0.717) is 16.5 Å². The van der Waals surface area contributed by atoms with Crippen LogP contribution >= 0.6 is 0 Å². The fourth-order valence-electron chi connectivity index (χ4n) is 3.51. The average molecular weight is 347 g/mol. The zero-order chi connectivity index (χ0) is 18.1. The fraction of sp³-hybridized carbons (Fsp3) is 0.286. The Hall–Kier alpha value is -2.95. The molecule has 0 fully saturated rings. The summed E-state index contributed by atoms with van der Waals surface area (Å²) in [6.45, 7) is 0.731. The molecule has 0 spiro atoms.